The number of rotatable bonds is 6. The van der Waals surface area contributed by atoms with Crippen LogP contribution >= 0.6 is 0 Å². The van der Waals surface area contributed by atoms with E-state index in [-0.39, 0.29) is 12.5 Å². The van der Waals surface area contributed by atoms with Crippen molar-refractivity contribution in [1.29, 1.82) is 0 Å². The van der Waals surface area contributed by atoms with E-state index in [1.165, 1.54) is 0 Å². The smallest absolute Gasteiger partial charge is 0.389 e. The minimum Gasteiger partial charge on any atom is -0.469 e. The van der Waals surface area contributed by atoms with E-state index in [0.717, 1.165) is 5.76 Å². The number of hydrogen-bond donors (Lipinski definition) is 1. The Balaban J connectivity index is 2.09. The van der Waals surface area contributed by atoms with Crippen LogP contribution in [0, 0.1) is 0 Å². The van der Waals surface area contributed by atoms with E-state index in [1.54, 1.807) is 12.3 Å². The normalized spacial score (nSPS) is 14.0. The van der Waals surface area contributed by atoms with Crippen LogP contribution in [0.3, 0.4) is 0 Å². The summed E-state index contributed by atoms with van der Waals surface area (Å²) in [4.78, 5) is 0. The third-order valence-electron chi connectivity index (χ3n) is 2.22. The standard InChI is InChI=1S/C11H16F3NO/c1-9(8-10-4-2-7-16-10)15-6-3-5-11(12,13)14/h2,4,7,9,15H,3,5-6,8H2,1H3. The first-order valence-corrected chi connectivity index (χ1v) is 5.30. The highest BCUT2D eigenvalue weighted by molar-refractivity contribution is 4.99. The summed E-state index contributed by atoms with van der Waals surface area (Å²) in [5.74, 6) is 0.843. The molecule has 2 nitrogen and oxygen atoms in total. The predicted molar refractivity (Wildman–Crippen MR) is 55.2 cm³/mol. The van der Waals surface area contributed by atoms with Crippen molar-refractivity contribution in [3.8, 4) is 0 Å². The van der Waals surface area contributed by atoms with Crippen molar-refractivity contribution in [3.63, 3.8) is 0 Å². The molecule has 0 aromatic carbocycles. The summed E-state index contributed by atoms with van der Waals surface area (Å²) in [6, 6.07) is 3.78. The van der Waals surface area contributed by atoms with E-state index in [1.807, 2.05) is 13.0 Å². The van der Waals surface area contributed by atoms with Gasteiger partial charge in [-0.2, -0.15) is 13.2 Å². The summed E-state index contributed by atoms with van der Waals surface area (Å²) < 4.78 is 40.7. The van der Waals surface area contributed by atoms with Crippen molar-refractivity contribution in [2.24, 2.45) is 0 Å². The average Bonchev–Trinajstić information content (AvgIpc) is 2.63. The van der Waals surface area contributed by atoms with E-state index in [9.17, 15) is 13.2 Å². The first-order valence-electron chi connectivity index (χ1n) is 5.30. The van der Waals surface area contributed by atoms with Gasteiger partial charge in [-0.3, -0.25) is 0 Å². The summed E-state index contributed by atoms with van der Waals surface area (Å²) in [6.45, 7) is 2.30. The molecular formula is C11H16F3NO. The van der Waals surface area contributed by atoms with E-state index in [4.69, 9.17) is 4.42 Å². The van der Waals surface area contributed by atoms with Gasteiger partial charge in [0.15, 0.2) is 0 Å². The Kier molecular flexibility index (Phi) is 4.86. The second kappa shape index (κ2) is 5.94. The van der Waals surface area contributed by atoms with Crippen LogP contribution in [-0.4, -0.2) is 18.8 Å². The number of furan rings is 1. The molecule has 0 bridgehead atoms. The van der Waals surface area contributed by atoms with Crippen molar-refractivity contribution < 1.29 is 17.6 Å². The number of nitrogens with one attached hydrogen (secondary N) is 1. The van der Waals surface area contributed by atoms with Gasteiger partial charge >= 0.3 is 6.18 Å². The average molecular weight is 235 g/mol. The molecule has 1 rings (SSSR count). The fourth-order valence-corrected chi connectivity index (χ4v) is 1.44. The second-order valence-corrected chi connectivity index (χ2v) is 3.86. The Morgan fingerprint density at radius 1 is 1.44 bits per heavy atom. The van der Waals surface area contributed by atoms with Crippen molar-refractivity contribution in [2.75, 3.05) is 6.54 Å². The molecule has 1 unspecified atom stereocenters. The van der Waals surface area contributed by atoms with Gasteiger partial charge in [0.2, 0.25) is 0 Å². The van der Waals surface area contributed by atoms with Crippen LogP contribution in [0.1, 0.15) is 25.5 Å². The molecule has 1 heterocycles. The zero-order valence-corrected chi connectivity index (χ0v) is 9.18. The fraction of sp³-hybridized carbons (Fsp3) is 0.636. The largest absolute Gasteiger partial charge is 0.469 e. The summed E-state index contributed by atoms with van der Waals surface area (Å²) in [5.41, 5.74) is 0. The molecule has 0 fully saturated rings. The quantitative estimate of drug-likeness (QED) is 0.766. The highest BCUT2D eigenvalue weighted by Crippen LogP contribution is 2.20. The predicted octanol–water partition coefficient (Wildman–Crippen LogP) is 3.14. The lowest BCUT2D eigenvalue weighted by molar-refractivity contribution is -0.135. The molecule has 0 saturated carbocycles. The van der Waals surface area contributed by atoms with Gasteiger partial charge in [0.1, 0.15) is 5.76 Å². The lowest BCUT2D eigenvalue weighted by atomic mass is 10.2. The Morgan fingerprint density at radius 3 is 2.75 bits per heavy atom. The Labute approximate surface area is 92.8 Å². The van der Waals surface area contributed by atoms with Crippen LogP contribution in [0.5, 0.6) is 0 Å². The number of halogens is 3. The van der Waals surface area contributed by atoms with Crippen LogP contribution in [0.25, 0.3) is 0 Å². The van der Waals surface area contributed by atoms with Crippen LogP contribution < -0.4 is 5.32 Å². The summed E-state index contributed by atoms with van der Waals surface area (Å²) in [6.07, 6.45) is -2.38. The van der Waals surface area contributed by atoms with Crippen molar-refractivity contribution in [3.05, 3.63) is 24.2 Å². The van der Waals surface area contributed by atoms with Gasteiger partial charge in [0.05, 0.1) is 6.26 Å². The van der Waals surface area contributed by atoms with E-state index < -0.39 is 12.6 Å². The molecule has 5 heteroatoms. The van der Waals surface area contributed by atoms with E-state index in [2.05, 4.69) is 5.32 Å². The van der Waals surface area contributed by atoms with Crippen molar-refractivity contribution in [1.82, 2.24) is 5.32 Å². The maximum atomic E-state index is 11.8. The zero-order chi connectivity index (χ0) is 12.0. The molecule has 1 aromatic rings. The number of alkyl halides is 3. The van der Waals surface area contributed by atoms with Gasteiger partial charge < -0.3 is 9.73 Å². The molecule has 0 aliphatic rings. The van der Waals surface area contributed by atoms with Gasteiger partial charge in [0.25, 0.3) is 0 Å². The zero-order valence-electron chi connectivity index (χ0n) is 9.18. The molecule has 0 saturated heterocycles. The molecule has 1 atom stereocenters. The highest BCUT2D eigenvalue weighted by Gasteiger charge is 2.25. The van der Waals surface area contributed by atoms with Crippen LogP contribution in [0.15, 0.2) is 22.8 Å². The first kappa shape index (κ1) is 13.1. The molecule has 0 amide bonds. The van der Waals surface area contributed by atoms with Crippen LogP contribution in [0.2, 0.25) is 0 Å². The second-order valence-electron chi connectivity index (χ2n) is 3.86. The first-order chi connectivity index (χ1) is 7.47. The van der Waals surface area contributed by atoms with Crippen molar-refractivity contribution in [2.45, 2.75) is 38.4 Å². The summed E-state index contributed by atoms with van der Waals surface area (Å²) in [7, 11) is 0. The Bertz CT molecular complexity index is 282. The van der Waals surface area contributed by atoms with Crippen LogP contribution in [0.4, 0.5) is 13.2 Å². The summed E-state index contributed by atoms with van der Waals surface area (Å²) >= 11 is 0. The molecular weight excluding hydrogens is 219 g/mol. The lowest BCUT2D eigenvalue weighted by Crippen LogP contribution is -2.29. The molecule has 0 radical (unpaired) electrons. The van der Waals surface area contributed by atoms with Gasteiger partial charge in [-0.05, 0) is 32.0 Å². The minimum atomic E-state index is -4.05. The lowest BCUT2D eigenvalue weighted by Gasteiger charge is -2.12. The number of hydrogen-bond acceptors (Lipinski definition) is 2. The Hall–Kier alpha value is -0.970. The SMILES string of the molecule is CC(Cc1ccco1)NCCCC(F)(F)F. The van der Waals surface area contributed by atoms with Gasteiger partial charge in [-0.25, -0.2) is 0 Å². The molecule has 16 heavy (non-hydrogen) atoms. The monoisotopic (exact) mass is 235 g/mol. The molecule has 0 spiro atoms. The van der Waals surface area contributed by atoms with Gasteiger partial charge in [-0.15, -0.1) is 0 Å². The highest BCUT2D eigenvalue weighted by atomic mass is 19.4. The maximum absolute atomic E-state index is 11.8. The molecule has 1 N–H and O–H groups in total. The fourth-order valence-electron chi connectivity index (χ4n) is 1.44. The molecule has 0 aliphatic carbocycles. The summed E-state index contributed by atoms with van der Waals surface area (Å²) in [5, 5.41) is 3.03. The molecule has 92 valence electrons. The topological polar surface area (TPSA) is 25.2 Å². The molecule has 0 aliphatic heterocycles. The van der Waals surface area contributed by atoms with Gasteiger partial charge in [-0.1, -0.05) is 0 Å². The molecule has 1 aromatic heterocycles. The van der Waals surface area contributed by atoms with E-state index >= 15 is 0 Å². The minimum absolute atomic E-state index is 0.117. The van der Waals surface area contributed by atoms with Crippen LogP contribution in [-0.2, 0) is 6.42 Å². The van der Waals surface area contributed by atoms with Gasteiger partial charge in [0, 0.05) is 18.9 Å². The third kappa shape index (κ3) is 5.80. The third-order valence-corrected chi connectivity index (χ3v) is 2.22. The van der Waals surface area contributed by atoms with Crippen molar-refractivity contribution >= 4 is 0 Å². The Morgan fingerprint density at radius 2 is 2.19 bits per heavy atom. The maximum Gasteiger partial charge on any atom is 0.389 e. The van der Waals surface area contributed by atoms with E-state index in [0.29, 0.717) is 13.0 Å².